The molecular weight excluding hydrogens is 416 g/mol. The van der Waals surface area contributed by atoms with Gasteiger partial charge in [-0.1, -0.05) is 4.99 Å². The maximum Gasteiger partial charge on any atom is 0.270 e. The molecule has 0 amide bonds. The number of rotatable bonds is 4. The Morgan fingerprint density at radius 3 is 2.38 bits per heavy atom. The SMILES string of the molecule is Cn1c[n+](-c2cnc3ccc(OON4C(C)(C)CCCC4(C)C)cc3c2)cn1.O=[N+]([O-])[O-]. The smallest absolute Gasteiger partial charge is 0.270 e. The first-order valence-electron chi connectivity index (χ1n) is 10.2. The Balaban J connectivity index is 0.000000668. The zero-order valence-electron chi connectivity index (χ0n) is 18.9. The van der Waals surface area contributed by atoms with Crippen LogP contribution in [0.4, 0.5) is 0 Å². The van der Waals surface area contributed by atoms with Gasteiger partial charge in [0.25, 0.3) is 6.33 Å². The van der Waals surface area contributed by atoms with Crippen molar-refractivity contribution in [2.45, 2.75) is 58.0 Å². The van der Waals surface area contributed by atoms with Gasteiger partial charge in [-0.05, 0) is 71.2 Å². The zero-order valence-corrected chi connectivity index (χ0v) is 18.9. The summed E-state index contributed by atoms with van der Waals surface area (Å²) in [7, 11) is 1.89. The van der Waals surface area contributed by atoms with Crippen LogP contribution in [0.3, 0.4) is 0 Å². The number of benzene rings is 1. The van der Waals surface area contributed by atoms with E-state index in [2.05, 4.69) is 43.8 Å². The first-order valence-corrected chi connectivity index (χ1v) is 10.2. The van der Waals surface area contributed by atoms with Crippen LogP contribution in [0.5, 0.6) is 5.75 Å². The first kappa shape index (κ1) is 23.4. The first-order chi connectivity index (χ1) is 15.0. The maximum atomic E-state index is 8.25. The lowest BCUT2D eigenvalue weighted by Gasteiger charge is -2.49. The van der Waals surface area contributed by atoms with Crippen LogP contribution >= 0.6 is 0 Å². The van der Waals surface area contributed by atoms with Gasteiger partial charge in [0.1, 0.15) is 5.69 Å². The molecule has 11 heteroatoms. The third-order valence-corrected chi connectivity index (χ3v) is 5.47. The highest BCUT2D eigenvalue weighted by atomic mass is 17.3. The quantitative estimate of drug-likeness (QED) is 0.260. The van der Waals surface area contributed by atoms with Crippen LogP contribution in [0.25, 0.3) is 16.6 Å². The van der Waals surface area contributed by atoms with Crippen molar-refractivity contribution in [2.75, 3.05) is 0 Å². The topological polar surface area (TPSA) is 122 Å². The summed E-state index contributed by atoms with van der Waals surface area (Å²) in [6, 6.07) is 7.84. The van der Waals surface area contributed by atoms with Gasteiger partial charge in [0, 0.05) is 21.6 Å². The standard InChI is InChI=1S/C21H28N5O2.NO3/c1-20(2)9-6-10-21(3,4)26(20)28-27-18-7-8-19-16(12-18)11-17(13-22-19)25-14-23-24(5)15-25;2-1(3)4/h7-8,11-15H,6,9-10H2,1-5H3;/q+1;-1. The monoisotopic (exact) mass is 444 g/mol. The molecule has 1 aliphatic rings. The van der Waals surface area contributed by atoms with Gasteiger partial charge in [0.2, 0.25) is 6.33 Å². The molecule has 172 valence electrons. The summed E-state index contributed by atoms with van der Waals surface area (Å²) in [4.78, 5) is 24.4. The summed E-state index contributed by atoms with van der Waals surface area (Å²) < 4.78 is 3.68. The fraction of sp³-hybridized carbons (Fsp3) is 0.476. The van der Waals surface area contributed by atoms with Crippen LogP contribution in [0.2, 0.25) is 0 Å². The highest BCUT2D eigenvalue weighted by molar-refractivity contribution is 5.81. The summed E-state index contributed by atoms with van der Waals surface area (Å²) in [5, 5.41) is 21.9. The second kappa shape index (κ2) is 9.05. The minimum atomic E-state index is -1.75. The number of hydrogen-bond donors (Lipinski definition) is 0. The number of hydroxylamine groups is 2. The third kappa shape index (κ3) is 5.48. The molecule has 0 radical (unpaired) electrons. The van der Waals surface area contributed by atoms with E-state index in [1.165, 1.54) is 6.42 Å². The van der Waals surface area contributed by atoms with Crippen LogP contribution in [-0.4, -0.2) is 36.0 Å². The highest BCUT2D eigenvalue weighted by Crippen LogP contribution is 2.38. The molecule has 4 rings (SSSR count). The van der Waals surface area contributed by atoms with Gasteiger partial charge in [0.15, 0.2) is 5.75 Å². The molecule has 1 aliphatic heterocycles. The molecule has 32 heavy (non-hydrogen) atoms. The van der Waals surface area contributed by atoms with Crippen LogP contribution in [0.15, 0.2) is 43.1 Å². The molecule has 0 unspecified atom stereocenters. The zero-order chi connectivity index (χ0) is 23.5. The molecule has 0 bridgehead atoms. The lowest BCUT2D eigenvalue weighted by atomic mass is 9.82. The molecule has 11 nitrogen and oxygen atoms in total. The molecule has 3 heterocycles. The van der Waals surface area contributed by atoms with E-state index in [-0.39, 0.29) is 11.1 Å². The molecule has 1 fully saturated rings. The predicted molar refractivity (Wildman–Crippen MR) is 116 cm³/mol. The average Bonchev–Trinajstić information content (AvgIpc) is 3.12. The maximum absolute atomic E-state index is 8.25. The normalized spacial score (nSPS) is 17.4. The number of fused-ring (bicyclic) bond motifs is 1. The Hall–Kier alpha value is -3.31. The van der Waals surface area contributed by atoms with Crippen molar-refractivity contribution in [3.8, 4) is 11.4 Å². The van der Waals surface area contributed by atoms with Crippen molar-refractivity contribution in [3.05, 3.63) is 58.4 Å². The van der Waals surface area contributed by atoms with Gasteiger partial charge in [-0.2, -0.15) is 0 Å². The summed E-state index contributed by atoms with van der Waals surface area (Å²) in [5.74, 6) is 0.653. The van der Waals surface area contributed by atoms with Crippen molar-refractivity contribution >= 4 is 10.9 Å². The molecule has 1 aromatic carbocycles. The van der Waals surface area contributed by atoms with Crippen LogP contribution < -0.4 is 9.45 Å². The van der Waals surface area contributed by atoms with Crippen LogP contribution in [0.1, 0.15) is 47.0 Å². The second-order valence-corrected chi connectivity index (χ2v) is 9.03. The summed E-state index contributed by atoms with van der Waals surface area (Å²) >= 11 is 0. The fourth-order valence-corrected chi connectivity index (χ4v) is 4.06. The van der Waals surface area contributed by atoms with Gasteiger partial charge < -0.3 is 20.2 Å². The lowest BCUT2D eigenvalue weighted by Crippen LogP contribution is -2.58. The Kier molecular flexibility index (Phi) is 6.60. The summed E-state index contributed by atoms with van der Waals surface area (Å²) in [6.07, 6.45) is 8.83. The van der Waals surface area contributed by atoms with E-state index in [0.29, 0.717) is 5.75 Å². The summed E-state index contributed by atoms with van der Waals surface area (Å²) in [6.45, 7) is 8.77. The minimum Gasteiger partial charge on any atom is -0.356 e. The van der Waals surface area contributed by atoms with E-state index in [4.69, 9.17) is 25.2 Å². The number of aromatic nitrogens is 4. The van der Waals surface area contributed by atoms with Crippen molar-refractivity contribution in [3.63, 3.8) is 0 Å². The summed E-state index contributed by atoms with van der Waals surface area (Å²) in [5.41, 5.74) is 1.69. The van der Waals surface area contributed by atoms with Gasteiger partial charge in [-0.15, -0.1) is 9.75 Å². The van der Waals surface area contributed by atoms with E-state index in [1.54, 1.807) is 11.0 Å². The van der Waals surface area contributed by atoms with Gasteiger partial charge in [0.05, 0.1) is 23.8 Å². The molecule has 0 N–H and O–H groups in total. The largest absolute Gasteiger partial charge is 0.356 e. The minimum absolute atomic E-state index is 0.0791. The van der Waals surface area contributed by atoms with E-state index in [1.807, 2.05) is 47.4 Å². The van der Waals surface area contributed by atoms with Crippen molar-refractivity contribution in [1.29, 1.82) is 0 Å². The second-order valence-electron chi connectivity index (χ2n) is 9.03. The predicted octanol–water partition coefficient (Wildman–Crippen LogP) is 3.27. The highest BCUT2D eigenvalue weighted by Gasteiger charge is 2.43. The molecule has 0 saturated carbocycles. The van der Waals surface area contributed by atoms with Gasteiger partial charge >= 0.3 is 0 Å². The lowest BCUT2D eigenvalue weighted by molar-refractivity contribution is -0.596. The van der Waals surface area contributed by atoms with Gasteiger partial charge in [-0.25, -0.2) is 4.57 Å². The Morgan fingerprint density at radius 1 is 1.12 bits per heavy atom. The average molecular weight is 444 g/mol. The van der Waals surface area contributed by atoms with E-state index < -0.39 is 5.09 Å². The van der Waals surface area contributed by atoms with Crippen molar-refractivity contribution in [2.24, 2.45) is 7.05 Å². The molecule has 2 aromatic heterocycles. The number of aryl methyl sites for hydroxylation is 1. The Labute approximate surface area is 185 Å². The molecule has 0 aliphatic carbocycles. The number of piperidine rings is 1. The molecule has 0 atom stereocenters. The number of pyridine rings is 1. The molecule has 1 saturated heterocycles. The van der Waals surface area contributed by atoms with Crippen molar-refractivity contribution < 1.29 is 19.5 Å². The molecule has 0 spiro atoms. The van der Waals surface area contributed by atoms with Crippen molar-refractivity contribution in [1.82, 2.24) is 19.8 Å². The van der Waals surface area contributed by atoms with E-state index in [0.717, 1.165) is 29.4 Å². The number of nitrogens with zero attached hydrogens (tertiary/aromatic N) is 6. The number of hydrogen-bond acceptors (Lipinski definition) is 8. The van der Waals surface area contributed by atoms with Crippen LogP contribution in [0, 0.1) is 15.3 Å². The van der Waals surface area contributed by atoms with Gasteiger partial charge in [-0.3, -0.25) is 4.98 Å². The molecular formula is C21H28N6O5. The van der Waals surface area contributed by atoms with Crippen LogP contribution in [-0.2, 0) is 12.0 Å². The fourth-order valence-electron chi connectivity index (χ4n) is 4.06. The molecule has 3 aromatic rings. The van der Waals surface area contributed by atoms with E-state index >= 15 is 0 Å². The third-order valence-electron chi connectivity index (χ3n) is 5.47. The Bertz CT molecular complexity index is 1080. The van der Waals surface area contributed by atoms with E-state index in [9.17, 15) is 0 Å². The Morgan fingerprint density at radius 2 is 1.78 bits per heavy atom.